The molecule has 5 heteroatoms. The zero-order chi connectivity index (χ0) is 12.6. The minimum Gasteiger partial charge on any atom is -0.397 e. The molecule has 1 aliphatic rings. The third kappa shape index (κ3) is 2.11. The van der Waals surface area contributed by atoms with Gasteiger partial charge in [-0.15, -0.1) is 11.3 Å². The van der Waals surface area contributed by atoms with Gasteiger partial charge < -0.3 is 16.0 Å². The summed E-state index contributed by atoms with van der Waals surface area (Å²) in [5, 5.41) is 3.81. The van der Waals surface area contributed by atoms with Gasteiger partial charge in [-0.05, 0) is 25.7 Å². The van der Waals surface area contributed by atoms with Crippen LogP contribution in [0.1, 0.15) is 40.9 Å². The largest absolute Gasteiger partial charge is 0.397 e. The monoisotopic (exact) mass is 253 g/mol. The lowest BCUT2D eigenvalue weighted by molar-refractivity contribution is 0.0968. The van der Waals surface area contributed by atoms with Crippen molar-refractivity contribution in [2.45, 2.75) is 25.7 Å². The lowest BCUT2D eigenvalue weighted by atomic mass is 10.1. The van der Waals surface area contributed by atoms with Crippen LogP contribution in [0.15, 0.2) is 0 Å². The molecule has 4 nitrogen and oxygen atoms in total. The van der Waals surface area contributed by atoms with Crippen molar-refractivity contribution in [2.75, 3.05) is 31.3 Å². The van der Waals surface area contributed by atoms with E-state index in [0.29, 0.717) is 16.5 Å². The fraction of sp³-hybridized carbons (Fsp3) is 0.583. The molecule has 1 aromatic heterocycles. The van der Waals surface area contributed by atoms with E-state index in [1.807, 2.05) is 7.05 Å². The Kier molecular flexibility index (Phi) is 3.28. The zero-order valence-electron chi connectivity index (χ0n) is 10.5. The molecule has 94 valence electrons. The average Bonchev–Trinajstić information content (AvgIpc) is 3.11. The zero-order valence-corrected chi connectivity index (χ0v) is 11.4. The molecule has 1 saturated carbocycles. The van der Waals surface area contributed by atoms with E-state index in [0.717, 1.165) is 11.5 Å². The Bertz CT molecular complexity index is 437. The Morgan fingerprint density at radius 2 is 2.24 bits per heavy atom. The molecule has 17 heavy (non-hydrogen) atoms. The van der Waals surface area contributed by atoms with E-state index in [1.165, 1.54) is 29.7 Å². The maximum absolute atomic E-state index is 11.8. The van der Waals surface area contributed by atoms with Crippen LogP contribution < -0.4 is 16.0 Å². The number of carbonyl (C=O) groups is 1. The van der Waals surface area contributed by atoms with Crippen molar-refractivity contribution in [1.82, 2.24) is 5.32 Å². The molecule has 0 bridgehead atoms. The van der Waals surface area contributed by atoms with Gasteiger partial charge in [0, 0.05) is 26.2 Å². The predicted molar refractivity (Wildman–Crippen MR) is 73.0 cm³/mol. The third-order valence-electron chi connectivity index (χ3n) is 3.20. The molecular weight excluding hydrogens is 234 g/mol. The first-order valence-corrected chi connectivity index (χ1v) is 6.77. The van der Waals surface area contributed by atoms with Crippen LogP contribution in [0, 0.1) is 0 Å². The number of nitrogen functional groups attached to an aromatic ring is 1. The highest BCUT2D eigenvalue weighted by atomic mass is 32.1. The topological polar surface area (TPSA) is 58.4 Å². The minimum atomic E-state index is -0.0786. The first kappa shape index (κ1) is 12.2. The van der Waals surface area contributed by atoms with Gasteiger partial charge in [0.2, 0.25) is 0 Å². The molecule has 0 unspecified atom stereocenters. The van der Waals surface area contributed by atoms with Gasteiger partial charge in [-0.2, -0.15) is 0 Å². The third-order valence-corrected chi connectivity index (χ3v) is 4.54. The van der Waals surface area contributed by atoms with Crippen LogP contribution in [0.3, 0.4) is 0 Å². The van der Waals surface area contributed by atoms with Gasteiger partial charge in [-0.1, -0.05) is 0 Å². The quantitative estimate of drug-likeness (QED) is 0.863. The first-order valence-electron chi connectivity index (χ1n) is 5.95. The van der Waals surface area contributed by atoms with Gasteiger partial charge in [0.15, 0.2) is 0 Å². The second-order valence-corrected chi connectivity index (χ2v) is 5.43. The summed E-state index contributed by atoms with van der Waals surface area (Å²) < 4.78 is 0. The summed E-state index contributed by atoms with van der Waals surface area (Å²) in [4.78, 5) is 14.6. The van der Waals surface area contributed by atoms with E-state index in [-0.39, 0.29) is 5.91 Å². The molecule has 0 aromatic carbocycles. The van der Waals surface area contributed by atoms with Crippen molar-refractivity contribution in [1.29, 1.82) is 0 Å². The van der Waals surface area contributed by atoms with Gasteiger partial charge in [-0.3, -0.25) is 4.79 Å². The van der Waals surface area contributed by atoms with E-state index in [2.05, 4.69) is 17.1 Å². The standard InChI is InChI=1S/C12H19N3OS/c1-4-15(3)12-8(7-5-6-7)9(13)10(17-12)11(16)14-2/h7H,4-6,13H2,1-3H3,(H,14,16). The number of nitrogens with zero attached hydrogens (tertiary/aromatic N) is 1. The summed E-state index contributed by atoms with van der Waals surface area (Å²) in [6.07, 6.45) is 2.39. The Hall–Kier alpha value is -1.23. The number of nitrogens with one attached hydrogen (secondary N) is 1. The predicted octanol–water partition coefficient (Wildman–Crippen LogP) is 2.02. The maximum Gasteiger partial charge on any atom is 0.263 e. The molecule has 1 fully saturated rings. The summed E-state index contributed by atoms with van der Waals surface area (Å²) in [5.41, 5.74) is 8.02. The Balaban J connectivity index is 2.46. The van der Waals surface area contributed by atoms with Crippen LogP contribution >= 0.6 is 11.3 Å². The van der Waals surface area contributed by atoms with Gasteiger partial charge in [0.05, 0.1) is 10.7 Å². The molecule has 2 rings (SSSR count). The lowest BCUT2D eigenvalue weighted by Gasteiger charge is -2.16. The summed E-state index contributed by atoms with van der Waals surface area (Å²) >= 11 is 1.51. The lowest BCUT2D eigenvalue weighted by Crippen LogP contribution is -2.17. The van der Waals surface area contributed by atoms with E-state index in [1.54, 1.807) is 7.05 Å². The fourth-order valence-corrected chi connectivity index (χ4v) is 3.20. The number of hydrogen-bond donors (Lipinski definition) is 2. The van der Waals surface area contributed by atoms with Crippen LogP contribution in [0.2, 0.25) is 0 Å². The molecule has 1 aromatic rings. The van der Waals surface area contributed by atoms with Crippen LogP contribution in [0.4, 0.5) is 10.7 Å². The van der Waals surface area contributed by atoms with Crippen LogP contribution in [0.5, 0.6) is 0 Å². The molecule has 0 saturated heterocycles. The van der Waals surface area contributed by atoms with Crippen LogP contribution in [-0.4, -0.2) is 26.5 Å². The number of anilines is 2. The number of carbonyl (C=O) groups excluding carboxylic acids is 1. The van der Waals surface area contributed by atoms with Gasteiger partial charge in [0.1, 0.15) is 4.88 Å². The van der Waals surface area contributed by atoms with Gasteiger partial charge in [-0.25, -0.2) is 0 Å². The van der Waals surface area contributed by atoms with Crippen molar-refractivity contribution in [2.24, 2.45) is 0 Å². The number of amides is 1. The molecule has 0 spiro atoms. The second kappa shape index (κ2) is 4.56. The summed E-state index contributed by atoms with van der Waals surface area (Å²) in [7, 11) is 3.69. The fourth-order valence-electron chi connectivity index (χ4n) is 1.92. The number of thiophene rings is 1. The normalized spacial score (nSPS) is 14.8. The molecule has 0 atom stereocenters. The highest BCUT2D eigenvalue weighted by Crippen LogP contribution is 2.51. The molecule has 0 radical (unpaired) electrons. The number of nitrogens with two attached hydrogens (primary N) is 1. The molecular formula is C12H19N3OS. The van der Waals surface area contributed by atoms with Gasteiger partial charge in [0.25, 0.3) is 5.91 Å². The second-order valence-electron chi connectivity index (χ2n) is 4.43. The van der Waals surface area contributed by atoms with Crippen molar-refractivity contribution in [3.8, 4) is 0 Å². The Labute approximate surface area is 106 Å². The molecule has 3 N–H and O–H groups in total. The number of hydrogen-bond acceptors (Lipinski definition) is 4. The van der Waals surface area contributed by atoms with Crippen LogP contribution in [-0.2, 0) is 0 Å². The Morgan fingerprint density at radius 1 is 1.59 bits per heavy atom. The minimum absolute atomic E-state index is 0.0786. The van der Waals surface area contributed by atoms with E-state index >= 15 is 0 Å². The van der Waals surface area contributed by atoms with Crippen molar-refractivity contribution in [3.05, 3.63) is 10.4 Å². The average molecular weight is 253 g/mol. The Morgan fingerprint density at radius 3 is 2.71 bits per heavy atom. The first-order chi connectivity index (χ1) is 8.10. The van der Waals surface area contributed by atoms with Gasteiger partial charge >= 0.3 is 0 Å². The molecule has 1 amide bonds. The van der Waals surface area contributed by atoms with Crippen molar-refractivity contribution < 1.29 is 4.79 Å². The van der Waals surface area contributed by atoms with Crippen LogP contribution in [0.25, 0.3) is 0 Å². The smallest absolute Gasteiger partial charge is 0.263 e. The highest BCUT2D eigenvalue weighted by Gasteiger charge is 2.33. The summed E-state index contributed by atoms with van der Waals surface area (Å²) in [6.45, 7) is 3.03. The number of rotatable bonds is 4. The van der Waals surface area contributed by atoms with E-state index in [9.17, 15) is 4.79 Å². The highest BCUT2D eigenvalue weighted by molar-refractivity contribution is 7.18. The van der Waals surface area contributed by atoms with E-state index < -0.39 is 0 Å². The summed E-state index contributed by atoms with van der Waals surface area (Å²) in [6, 6.07) is 0. The summed E-state index contributed by atoms with van der Waals surface area (Å²) in [5.74, 6) is 0.485. The SMILES string of the molecule is CCN(C)c1sc(C(=O)NC)c(N)c1C1CC1. The molecule has 0 aliphatic heterocycles. The maximum atomic E-state index is 11.8. The van der Waals surface area contributed by atoms with Crippen molar-refractivity contribution >= 4 is 27.9 Å². The molecule has 1 heterocycles. The molecule has 1 aliphatic carbocycles. The van der Waals surface area contributed by atoms with E-state index in [4.69, 9.17) is 5.73 Å². The van der Waals surface area contributed by atoms with Crippen molar-refractivity contribution in [3.63, 3.8) is 0 Å².